The maximum atomic E-state index is 10.4. The van der Waals surface area contributed by atoms with Crippen LogP contribution >= 0.6 is 0 Å². The Labute approximate surface area is 77.7 Å². The monoisotopic (exact) mass is 178 g/mol. The Morgan fingerprint density at radius 1 is 1.46 bits per heavy atom. The van der Waals surface area contributed by atoms with Crippen LogP contribution in [-0.4, -0.2) is 5.91 Å². The van der Waals surface area contributed by atoms with Crippen LogP contribution < -0.4 is 5.32 Å². The number of benzene rings is 1. The van der Waals surface area contributed by atoms with Crippen molar-refractivity contribution in [1.29, 1.82) is 0 Å². The van der Waals surface area contributed by atoms with E-state index in [4.69, 9.17) is 4.74 Å². The fourth-order valence-electron chi connectivity index (χ4n) is 0.837. The van der Waals surface area contributed by atoms with E-state index in [0.717, 1.165) is 5.56 Å². The first-order chi connectivity index (χ1) is 6.29. The molecule has 0 aliphatic heterocycles. The van der Waals surface area contributed by atoms with Crippen LogP contribution in [-0.2, 0) is 16.1 Å². The molecule has 13 heavy (non-hydrogen) atoms. The SMILES string of the molecule is CC(=O)N[CH]OCc1ccccc1. The van der Waals surface area contributed by atoms with E-state index < -0.39 is 0 Å². The summed E-state index contributed by atoms with van der Waals surface area (Å²) in [6, 6.07) is 9.75. The second-order valence-corrected chi connectivity index (χ2v) is 2.61. The number of nitrogens with one attached hydrogen (secondary N) is 1. The van der Waals surface area contributed by atoms with Crippen LogP contribution in [0.15, 0.2) is 30.3 Å². The van der Waals surface area contributed by atoms with Crippen molar-refractivity contribution in [2.24, 2.45) is 0 Å². The third-order valence-corrected chi connectivity index (χ3v) is 1.44. The molecular formula is C10H12NO2. The molecule has 0 fully saturated rings. The fourth-order valence-corrected chi connectivity index (χ4v) is 0.837. The molecule has 1 N–H and O–H groups in total. The van der Waals surface area contributed by atoms with Gasteiger partial charge < -0.3 is 10.1 Å². The maximum Gasteiger partial charge on any atom is 0.218 e. The molecule has 0 atom stereocenters. The summed E-state index contributed by atoms with van der Waals surface area (Å²) in [6.45, 7) is 3.21. The van der Waals surface area contributed by atoms with E-state index in [2.05, 4.69) is 5.32 Å². The summed E-state index contributed by atoms with van der Waals surface area (Å²) in [6.07, 6.45) is 0. The lowest BCUT2D eigenvalue weighted by atomic mass is 10.2. The molecule has 3 nitrogen and oxygen atoms in total. The van der Waals surface area contributed by atoms with Crippen LogP contribution in [0.2, 0.25) is 0 Å². The minimum absolute atomic E-state index is 0.131. The van der Waals surface area contributed by atoms with Crippen LogP contribution in [0.25, 0.3) is 0 Å². The predicted molar refractivity (Wildman–Crippen MR) is 49.3 cm³/mol. The molecule has 0 spiro atoms. The summed E-state index contributed by atoms with van der Waals surface area (Å²) in [7, 11) is 0. The molecule has 0 bridgehead atoms. The van der Waals surface area contributed by atoms with Gasteiger partial charge in [0.25, 0.3) is 0 Å². The van der Waals surface area contributed by atoms with Gasteiger partial charge in [0.15, 0.2) is 6.73 Å². The average Bonchev–Trinajstić information content (AvgIpc) is 2.14. The molecule has 1 amide bonds. The molecule has 0 aromatic heterocycles. The molecule has 0 aliphatic carbocycles. The smallest absolute Gasteiger partial charge is 0.218 e. The van der Waals surface area contributed by atoms with E-state index in [1.54, 1.807) is 0 Å². The summed E-state index contributed by atoms with van der Waals surface area (Å²) in [5.41, 5.74) is 1.07. The van der Waals surface area contributed by atoms with Crippen molar-refractivity contribution in [1.82, 2.24) is 5.32 Å². The van der Waals surface area contributed by atoms with E-state index in [1.165, 1.54) is 13.7 Å². The molecule has 1 radical (unpaired) electrons. The maximum absolute atomic E-state index is 10.4. The van der Waals surface area contributed by atoms with Gasteiger partial charge in [0.1, 0.15) is 0 Å². The molecule has 69 valence electrons. The lowest BCUT2D eigenvalue weighted by Crippen LogP contribution is -2.17. The zero-order chi connectivity index (χ0) is 9.52. The molecule has 0 aliphatic rings. The Bertz CT molecular complexity index is 259. The van der Waals surface area contributed by atoms with Crippen molar-refractivity contribution in [3.8, 4) is 0 Å². The van der Waals surface area contributed by atoms with Gasteiger partial charge in [0.05, 0.1) is 6.61 Å². The standard InChI is InChI=1S/C10H12NO2/c1-9(12)11-8-13-7-10-5-3-2-4-6-10/h2-6,8H,7H2,1H3,(H,11,12). The average molecular weight is 178 g/mol. The quantitative estimate of drug-likeness (QED) is 0.709. The van der Waals surface area contributed by atoms with Gasteiger partial charge in [-0.15, -0.1) is 0 Å². The number of rotatable bonds is 4. The van der Waals surface area contributed by atoms with Gasteiger partial charge >= 0.3 is 0 Å². The summed E-state index contributed by atoms with van der Waals surface area (Å²) < 4.78 is 5.07. The van der Waals surface area contributed by atoms with Crippen LogP contribution in [0.4, 0.5) is 0 Å². The number of hydrogen-bond acceptors (Lipinski definition) is 2. The summed E-state index contributed by atoms with van der Waals surface area (Å²) in [4.78, 5) is 10.4. The van der Waals surface area contributed by atoms with Gasteiger partial charge in [0.2, 0.25) is 5.91 Å². The topological polar surface area (TPSA) is 38.3 Å². The van der Waals surface area contributed by atoms with E-state index in [-0.39, 0.29) is 5.91 Å². The van der Waals surface area contributed by atoms with Crippen molar-refractivity contribution in [3.63, 3.8) is 0 Å². The molecule has 1 rings (SSSR count). The van der Waals surface area contributed by atoms with Crippen molar-refractivity contribution in [2.45, 2.75) is 13.5 Å². The highest BCUT2D eigenvalue weighted by Crippen LogP contribution is 2.00. The first-order valence-electron chi connectivity index (χ1n) is 4.03. The highest BCUT2D eigenvalue weighted by Gasteiger charge is 1.92. The molecule has 3 heteroatoms. The molecular weight excluding hydrogens is 166 g/mol. The van der Waals surface area contributed by atoms with Gasteiger partial charge in [-0.25, -0.2) is 0 Å². The van der Waals surface area contributed by atoms with Crippen LogP contribution in [0.1, 0.15) is 12.5 Å². The van der Waals surface area contributed by atoms with Crippen LogP contribution in [0, 0.1) is 6.73 Å². The third-order valence-electron chi connectivity index (χ3n) is 1.44. The summed E-state index contributed by atoms with van der Waals surface area (Å²) in [5, 5.41) is 2.43. The largest absolute Gasteiger partial charge is 0.349 e. The van der Waals surface area contributed by atoms with Gasteiger partial charge in [0, 0.05) is 6.92 Å². The molecule has 1 aromatic rings. The highest BCUT2D eigenvalue weighted by molar-refractivity contribution is 5.73. The van der Waals surface area contributed by atoms with E-state index >= 15 is 0 Å². The van der Waals surface area contributed by atoms with Gasteiger partial charge in [-0.2, -0.15) is 0 Å². The van der Waals surface area contributed by atoms with Gasteiger partial charge in [-0.05, 0) is 5.56 Å². The van der Waals surface area contributed by atoms with Crippen molar-refractivity contribution < 1.29 is 9.53 Å². The van der Waals surface area contributed by atoms with Crippen LogP contribution in [0.5, 0.6) is 0 Å². The first-order valence-corrected chi connectivity index (χ1v) is 4.03. The van der Waals surface area contributed by atoms with Crippen molar-refractivity contribution >= 4 is 5.91 Å². The van der Waals surface area contributed by atoms with Crippen LogP contribution in [0.3, 0.4) is 0 Å². The number of carbonyl (C=O) groups is 1. The number of carbonyl (C=O) groups excluding carboxylic acids is 1. The number of amides is 1. The minimum atomic E-state index is -0.131. The second kappa shape index (κ2) is 5.32. The predicted octanol–water partition coefficient (Wildman–Crippen LogP) is 1.46. The van der Waals surface area contributed by atoms with Crippen molar-refractivity contribution in [2.75, 3.05) is 0 Å². The highest BCUT2D eigenvalue weighted by atomic mass is 16.5. The Kier molecular flexibility index (Phi) is 3.99. The molecule has 1 aromatic carbocycles. The zero-order valence-electron chi connectivity index (χ0n) is 7.49. The molecule has 0 unspecified atom stereocenters. The molecule has 0 heterocycles. The first kappa shape index (κ1) is 9.74. The number of hydrogen-bond donors (Lipinski definition) is 1. The molecule has 0 saturated heterocycles. The Morgan fingerprint density at radius 2 is 2.15 bits per heavy atom. The Balaban J connectivity index is 2.17. The lowest BCUT2D eigenvalue weighted by molar-refractivity contribution is -0.119. The summed E-state index contributed by atoms with van der Waals surface area (Å²) in [5.74, 6) is -0.131. The Hall–Kier alpha value is -1.35. The number of ether oxygens (including phenoxy) is 1. The van der Waals surface area contributed by atoms with E-state index in [1.807, 2.05) is 30.3 Å². The second-order valence-electron chi connectivity index (χ2n) is 2.61. The lowest BCUT2D eigenvalue weighted by Gasteiger charge is -2.02. The van der Waals surface area contributed by atoms with Crippen molar-refractivity contribution in [3.05, 3.63) is 42.6 Å². The summed E-state index contributed by atoms with van der Waals surface area (Å²) >= 11 is 0. The van der Waals surface area contributed by atoms with E-state index in [0.29, 0.717) is 6.61 Å². The van der Waals surface area contributed by atoms with E-state index in [9.17, 15) is 4.79 Å². The van der Waals surface area contributed by atoms with Gasteiger partial charge in [-0.3, -0.25) is 4.79 Å². The third kappa shape index (κ3) is 4.28. The fraction of sp³-hybridized carbons (Fsp3) is 0.200. The normalized spacial score (nSPS) is 9.62. The van der Waals surface area contributed by atoms with Gasteiger partial charge in [-0.1, -0.05) is 30.3 Å². The Morgan fingerprint density at radius 3 is 2.77 bits per heavy atom. The molecule has 0 saturated carbocycles. The minimum Gasteiger partial charge on any atom is -0.349 e. The zero-order valence-corrected chi connectivity index (χ0v) is 7.49.